The molecule has 0 aliphatic carbocycles. The first-order valence-electron chi connectivity index (χ1n) is 5.28. The molecule has 0 aliphatic rings. The Kier molecular flexibility index (Phi) is 3.26. The summed E-state index contributed by atoms with van der Waals surface area (Å²) in [6.07, 6.45) is 0. The van der Waals surface area contributed by atoms with E-state index in [4.69, 9.17) is 5.84 Å². The number of aromatic nitrogens is 1. The molecule has 17 heavy (non-hydrogen) atoms. The molecule has 6 heteroatoms. The molecular weight excluding hydrogens is 236 g/mol. The number of carbonyl (C=O) groups is 1. The van der Waals surface area contributed by atoms with E-state index in [9.17, 15) is 4.79 Å². The van der Waals surface area contributed by atoms with Crippen LogP contribution in [0.5, 0.6) is 0 Å². The fourth-order valence-corrected chi connectivity index (χ4v) is 2.17. The Hall–Kier alpha value is -1.66. The van der Waals surface area contributed by atoms with Crippen LogP contribution in [0.2, 0.25) is 0 Å². The highest BCUT2D eigenvalue weighted by Crippen LogP contribution is 2.27. The van der Waals surface area contributed by atoms with Crippen molar-refractivity contribution in [3.8, 4) is 0 Å². The molecule has 0 fully saturated rings. The van der Waals surface area contributed by atoms with Crippen molar-refractivity contribution in [3.05, 3.63) is 18.2 Å². The molecule has 0 saturated carbocycles. The molecule has 1 heterocycles. The van der Waals surface area contributed by atoms with Gasteiger partial charge in [0.15, 0.2) is 5.13 Å². The zero-order valence-corrected chi connectivity index (χ0v) is 10.5. The van der Waals surface area contributed by atoms with E-state index in [2.05, 4.69) is 15.7 Å². The van der Waals surface area contributed by atoms with Crippen molar-refractivity contribution in [1.29, 1.82) is 0 Å². The number of fused-ring (bicyclic) bond motifs is 1. The molecule has 2 aromatic rings. The first-order chi connectivity index (χ1) is 8.10. The van der Waals surface area contributed by atoms with Gasteiger partial charge in [-0.2, -0.15) is 0 Å². The number of nitrogens with zero attached hydrogens (tertiary/aromatic N) is 1. The van der Waals surface area contributed by atoms with E-state index in [-0.39, 0.29) is 11.8 Å². The Bertz CT molecular complexity index is 549. The normalized spacial score (nSPS) is 10.8. The number of benzene rings is 1. The van der Waals surface area contributed by atoms with Crippen molar-refractivity contribution in [3.63, 3.8) is 0 Å². The number of amides is 1. The third-order valence-electron chi connectivity index (χ3n) is 2.30. The van der Waals surface area contributed by atoms with E-state index in [0.717, 1.165) is 15.9 Å². The standard InChI is InChI=1S/C11H14N4OS/c1-6(2)10(16)13-7-3-4-8-9(5-7)17-11(14-8)15-12/h3-6H,12H2,1-2H3,(H,13,16)(H,14,15). The van der Waals surface area contributed by atoms with Crippen LogP contribution in [0.25, 0.3) is 10.2 Å². The monoisotopic (exact) mass is 250 g/mol. The summed E-state index contributed by atoms with van der Waals surface area (Å²) in [6, 6.07) is 5.60. The van der Waals surface area contributed by atoms with Crippen LogP contribution >= 0.6 is 11.3 Å². The quantitative estimate of drug-likeness (QED) is 0.576. The van der Waals surface area contributed by atoms with Crippen LogP contribution in [0, 0.1) is 5.92 Å². The van der Waals surface area contributed by atoms with Gasteiger partial charge >= 0.3 is 0 Å². The second-order valence-corrected chi connectivity index (χ2v) is 5.02. The molecule has 0 unspecified atom stereocenters. The molecule has 0 atom stereocenters. The minimum absolute atomic E-state index is 0.00559. The molecule has 5 nitrogen and oxygen atoms in total. The van der Waals surface area contributed by atoms with Crippen LogP contribution in [-0.2, 0) is 4.79 Å². The SMILES string of the molecule is CC(C)C(=O)Nc1ccc2nc(NN)sc2c1. The predicted molar refractivity (Wildman–Crippen MR) is 70.9 cm³/mol. The minimum Gasteiger partial charge on any atom is -0.326 e. The topological polar surface area (TPSA) is 80.0 Å². The number of hydrogen-bond acceptors (Lipinski definition) is 5. The molecule has 0 aliphatic heterocycles. The molecule has 1 aromatic carbocycles. The second kappa shape index (κ2) is 4.68. The second-order valence-electron chi connectivity index (χ2n) is 3.99. The Morgan fingerprint density at radius 2 is 2.24 bits per heavy atom. The van der Waals surface area contributed by atoms with Crippen molar-refractivity contribution in [2.24, 2.45) is 11.8 Å². The van der Waals surface area contributed by atoms with E-state index in [1.165, 1.54) is 11.3 Å². The van der Waals surface area contributed by atoms with Crippen LogP contribution in [0.3, 0.4) is 0 Å². The summed E-state index contributed by atoms with van der Waals surface area (Å²) >= 11 is 1.45. The molecule has 0 spiro atoms. The number of hydrazine groups is 1. The van der Waals surface area contributed by atoms with Crippen LogP contribution in [0.1, 0.15) is 13.8 Å². The summed E-state index contributed by atoms with van der Waals surface area (Å²) in [5.41, 5.74) is 4.16. The number of anilines is 2. The van der Waals surface area contributed by atoms with Gasteiger partial charge in [-0.25, -0.2) is 10.8 Å². The Balaban J connectivity index is 2.28. The van der Waals surface area contributed by atoms with Gasteiger partial charge in [0.05, 0.1) is 10.2 Å². The van der Waals surface area contributed by atoms with Crippen LogP contribution in [0.15, 0.2) is 18.2 Å². The highest BCUT2D eigenvalue weighted by atomic mass is 32.1. The largest absolute Gasteiger partial charge is 0.326 e. The van der Waals surface area contributed by atoms with Gasteiger partial charge in [0.2, 0.25) is 5.91 Å². The summed E-state index contributed by atoms with van der Waals surface area (Å²) in [7, 11) is 0. The first kappa shape index (κ1) is 11.8. The van der Waals surface area contributed by atoms with Gasteiger partial charge in [0, 0.05) is 11.6 Å². The number of hydrogen-bond donors (Lipinski definition) is 3. The lowest BCUT2D eigenvalue weighted by Crippen LogP contribution is -2.17. The molecule has 90 valence electrons. The maximum atomic E-state index is 11.6. The van der Waals surface area contributed by atoms with E-state index in [0.29, 0.717) is 5.13 Å². The molecule has 2 rings (SSSR count). The van der Waals surface area contributed by atoms with Crippen molar-refractivity contribution >= 4 is 38.3 Å². The van der Waals surface area contributed by atoms with E-state index in [1.807, 2.05) is 32.0 Å². The Morgan fingerprint density at radius 1 is 1.47 bits per heavy atom. The molecule has 0 bridgehead atoms. The smallest absolute Gasteiger partial charge is 0.226 e. The number of nitrogens with one attached hydrogen (secondary N) is 2. The molecule has 4 N–H and O–H groups in total. The van der Waals surface area contributed by atoms with Crippen molar-refractivity contribution < 1.29 is 4.79 Å². The molecule has 1 amide bonds. The summed E-state index contributed by atoms with van der Waals surface area (Å²) < 4.78 is 0.986. The van der Waals surface area contributed by atoms with E-state index >= 15 is 0 Å². The summed E-state index contributed by atoms with van der Waals surface area (Å²) in [6.45, 7) is 3.72. The number of rotatable bonds is 3. The maximum absolute atomic E-state index is 11.6. The number of nitrogen functional groups attached to an aromatic ring is 1. The van der Waals surface area contributed by atoms with Crippen LogP contribution in [-0.4, -0.2) is 10.9 Å². The van der Waals surface area contributed by atoms with Crippen molar-refractivity contribution in [2.45, 2.75) is 13.8 Å². The minimum atomic E-state index is -0.0339. The summed E-state index contributed by atoms with van der Waals surface area (Å²) in [5, 5.41) is 3.51. The zero-order valence-electron chi connectivity index (χ0n) is 9.65. The van der Waals surface area contributed by atoms with Gasteiger partial charge < -0.3 is 5.32 Å². The Morgan fingerprint density at radius 3 is 2.88 bits per heavy atom. The van der Waals surface area contributed by atoms with Crippen LogP contribution in [0.4, 0.5) is 10.8 Å². The lowest BCUT2D eigenvalue weighted by molar-refractivity contribution is -0.118. The highest BCUT2D eigenvalue weighted by molar-refractivity contribution is 7.22. The molecule has 0 saturated heterocycles. The van der Waals surface area contributed by atoms with E-state index in [1.54, 1.807) is 0 Å². The highest BCUT2D eigenvalue weighted by Gasteiger charge is 2.08. The lowest BCUT2D eigenvalue weighted by atomic mass is 10.2. The van der Waals surface area contributed by atoms with Gasteiger partial charge in [-0.1, -0.05) is 25.2 Å². The van der Waals surface area contributed by atoms with Crippen molar-refractivity contribution in [1.82, 2.24) is 4.98 Å². The summed E-state index contributed by atoms with van der Waals surface area (Å²) in [4.78, 5) is 15.8. The molecule has 1 aromatic heterocycles. The Labute approximate surface area is 103 Å². The van der Waals surface area contributed by atoms with Crippen molar-refractivity contribution in [2.75, 3.05) is 10.7 Å². The average molecular weight is 250 g/mol. The zero-order chi connectivity index (χ0) is 12.4. The summed E-state index contributed by atoms with van der Waals surface area (Å²) in [5.74, 6) is 5.27. The lowest BCUT2D eigenvalue weighted by Gasteiger charge is -2.06. The van der Waals surface area contributed by atoms with Gasteiger partial charge in [0.25, 0.3) is 0 Å². The van der Waals surface area contributed by atoms with Crippen LogP contribution < -0.4 is 16.6 Å². The van der Waals surface area contributed by atoms with E-state index < -0.39 is 0 Å². The molecular formula is C11H14N4OS. The van der Waals surface area contributed by atoms with Gasteiger partial charge in [0.1, 0.15) is 0 Å². The first-order valence-corrected chi connectivity index (χ1v) is 6.10. The van der Waals surface area contributed by atoms with Gasteiger partial charge in [-0.15, -0.1) is 0 Å². The third-order valence-corrected chi connectivity index (χ3v) is 3.25. The fraction of sp³-hybridized carbons (Fsp3) is 0.273. The maximum Gasteiger partial charge on any atom is 0.226 e. The number of thiazole rings is 1. The van der Waals surface area contributed by atoms with Gasteiger partial charge in [-0.3, -0.25) is 10.2 Å². The average Bonchev–Trinajstić information content (AvgIpc) is 2.70. The number of carbonyl (C=O) groups excluding carboxylic acids is 1. The van der Waals surface area contributed by atoms with Gasteiger partial charge in [-0.05, 0) is 18.2 Å². The predicted octanol–water partition coefficient (Wildman–Crippen LogP) is 2.18. The number of nitrogens with two attached hydrogens (primary N) is 1. The fourth-order valence-electron chi connectivity index (χ4n) is 1.35. The molecule has 0 radical (unpaired) electrons. The third kappa shape index (κ3) is 2.54.